The van der Waals surface area contributed by atoms with Crippen molar-refractivity contribution in [2.45, 2.75) is 13.5 Å². The zero-order chi connectivity index (χ0) is 27.2. The van der Waals surface area contributed by atoms with Crippen LogP contribution in [0, 0.1) is 17.0 Å². The van der Waals surface area contributed by atoms with E-state index < -0.39 is 16.1 Å². The van der Waals surface area contributed by atoms with Gasteiger partial charge in [0.05, 0.1) is 23.5 Å². The lowest BCUT2D eigenvalue weighted by Crippen LogP contribution is -2.27. The van der Waals surface area contributed by atoms with E-state index in [-0.39, 0.29) is 35.2 Å². The maximum atomic E-state index is 12.9. The van der Waals surface area contributed by atoms with Gasteiger partial charge in [-0.1, -0.05) is 42.0 Å². The number of amides is 3. The molecule has 0 saturated carbocycles. The fourth-order valence-corrected chi connectivity index (χ4v) is 4.49. The second-order valence-corrected chi connectivity index (χ2v) is 9.26. The molecule has 1 saturated heterocycles. The number of carbonyl (C=O) groups is 3. The SMILES string of the molecule is COc1cc(/C=C2/SC(=O)N(Cc3ccccc3[N+](=O)[O-])C2=O)ccc1OCC(=O)Nc1ccc(C)cc1. The third-order valence-corrected chi connectivity index (χ3v) is 6.48. The van der Waals surface area contributed by atoms with E-state index in [1.807, 2.05) is 19.1 Å². The molecule has 38 heavy (non-hydrogen) atoms. The van der Waals surface area contributed by atoms with Gasteiger partial charge in [0.25, 0.3) is 22.7 Å². The number of nitrogens with zero attached hydrogens (tertiary/aromatic N) is 2. The Hall–Kier alpha value is -4.64. The van der Waals surface area contributed by atoms with Crippen LogP contribution in [0.1, 0.15) is 16.7 Å². The quantitative estimate of drug-likeness (QED) is 0.227. The molecule has 3 amide bonds. The molecule has 194 valence electrons. The van der Waals surface area contributed by atoms with E-state index in [0.717, 1.165) is 22.2 Å². The first-order valence-electron chi connectivity index (χ1n) is 11.4. The van der Waals surface area contributed by atoms with E-state index in [4.69, 9.17) is 9.47 Å². The lowest BCUT2D eigenvalue weighted by Gasteiger charge is -2.13. The lowest BCUT2D eigenvalue weighted by molar-refractivity contribution is -0.385. The number of imide groups is 1. The van der Waals surface area contributed by atoms with Crippen molar-refractivity contribution >= 4 is 46.3 Å². The van der Waals surface area contributed by atoms with E-state index in [1.165, 1.54) is 31.4 Å². The number of nitrogens with one attached hydrogen (secondary N) is 1. The number of nitro benzene ring substituents is 1. The first kappa shape index (κ1) is 26.4. The summed E-state index contributed by atoms with van der Waals surface area (Å²) < 4.78 is 11.0. The Kier molecular flexibility index (Phi) is 8.07. The summed E-state index contributed by atoms with van der Waals surface area (Å²) in [7, 11) is 1.44. The molecule has 11 heteroatoms. The summed E-state index contributed by atoms with van der Waals surface area (Å²) in [4.78, 5) is 49.6. The predicted octanol–water partition coefficient (Wildman–Crippen LogP) is 5.17. The van der Waals surface area contributed by atoms with Gasteiger partial charge < -0.3 is 14.8 Å². The maximum absolute atomic E-state index is 12.9. The van der Waals surface area contributed by atoms with Gasteiger partial charge in [0.2, 0.25) is 0 Å². The van der Waals surface area contributed by atoms with E-state index in [0.29, 0.717) is 22.7 Å². The molecule has 0 radical (unpaired) electrons. The topological polar surface area (TPSA) is 128 Å². The third-order valence-electron chi connectivity index (χ3n) is 5.57. The lowest BCUT2D eigenvalue weighted by atomic mass is 10.1. The normalized spacial score (nSPS) is 14.1. The monoisotopic (exact) mass is 533 g/mol. The van der Waals surface area contributed by atoms with Crippen LogP contribution in [0.15, 0.2) is 71.6 Å². The van der Waals surface area contributed by atoms with Crippen LogP contribution in [0.2, 0.25) is 0 Å². The molecule has 10 nitrogen and oxygen atoms in total. The summed E-state index contributed by atoms with van der Waals surface area (Å²) in [5.41, 5.74) is 2.39. The van der Waals surface area contributed by atoms with Crippen LogP contribution >= 0.6 is 11.8 Å². The van der Waals surface area contributed by atoms with Gasteiger partial charge in [-0.15, -0.1) is 0 Å². The summed E-state index contributed by atoms with van der Waals surface area (Å²) >= 11 is 0.747. The summed E-state index contributed by atoms with van der Waals surface area (Å²) in [6.07, 6.45) is 1.53. The van der Waals surface area contributed by atoms with Crippen LogP contribution in [-0.4, -0.2) is 40.6 Å². The van der Waals surface area contributed by atoms with Crippen molar-refractivity contribution in [3.63, 3.8) is 0 Å². The number of carbonyl (C=O) groups excluding carboxylic acids is 3. The molecule has 3 aromatic carbocycles. The third kappa shape index (κ3) is 6.19. The number of ether oxygens (including phenoxy) is 2. The van der Waals surface area contributed by atoms with Crippen molar-refractivity contribution in [1.29, 1.82) is 0 Å². The van der Waals surface area contributed by atoms with Gasteiger partial charge in [0, 0.05) is 17.3 Å². The number of aryl methyl sites for hydroxylation is 1. The van der Waals surface area contributed by atoms with E-state index in [1.54, 1.807) is 36.4 Å². The summed E-state index contributed by atoms with van der Waals surface area (Å²) in [6.45, 7) is 1.50. The molecule has 0 aromatic heterocycles. The fraction of sp³-hybridized carbons (Fsp3) is 0.148. The largest absolute Gasteiger partial charge is 0.493 e. The Bertz CT molecular complexity index is 1440. The fourth-order valence-electron chi connectivity index (χ4n) is 3.65. The summed E-state index contributed by atoms with van der Waals surface area (Å²) in [5.74, 6) is -0.230. The molecule has 0 aliphatic carbocycles. The van der Waals surface area contributed by atoms with Crippen molar-refractivity contribution in [3.05, 3.63) is 98.4 Å². The molecule has 0 unspecified atom stereocenters. The van der Waals surface area contributed by atoms with Crippen LogP contribution in [-0.2, 0) is 16.1 Å². The maximum Gasteiger partial charge on any atom is 0.293 e. The predicted molar refractivity (Wildman–Crippen MR) is 143 cm³/mol. The molecule has 3 aromatic rings. The van der Waals surface area contributed by atoms with Crippen molar-refractivity contribution in [2.75, 3.05) is 19.0 Å². The summed E-state index contributed by atoms with van der Waals surface area (Å²) in [5, 5.41) is 13.5. The molecule has 1 N–H and O–H groups in total. The molecule has 0 bridgehead atoms. The average Bonchev–Trinajstić information content (AvgIpc) is 3.16. The smallest absolute Gasteiger partial charge is 0.293 e. The zero-order valence-corrected chi connectivity index (χ0v) is 21.3. The molecule has 1 aliphatic heterocycles. The standard InChI is InChI=1S/C27H23N3O7S/c1-17-7-10-20(11-8-17)28-25(31)16-37-22-12-9-18(13-23(22)36-2)14-24-26(32)29(27(33)38-24)15-19-5-3-4-6-21(19)30(34)35/h3-14H,15-16H2,1-2H3,(H,28,31)/b24-14+. The first-order chi connectivity index (χ1) is 18.2. The summed E-state index contributed by atoms with van der Waals surface area (Å²) in [6, 6.07) is 18.2. The molecule has 1 heterocycles. The average molecular weight is 534 g/mol. The van der Waals surface area contributed by atoms with Crippen LogP contribution in [0.5, 0.6) is 11.5 Å². The van der Waals surface area contributed by atoms with Gasteiger partial charge in [-0.3, -0.25) is 29.4 Å². The van der Waals surface area contributed by atoms with Gasteiger partial charge in [-0.05, 0) is 54.6 Å². The second-order valence-electron chi connectivity index (χ2n) is 8.27. The number of hydrogen-bond acceptors (Lipinski definition) is 8. The number of thioether (sulfide) groups is 1. The zero-order valence-electron chi connectivity index (χ0n) is 20.5. The molecular weight excluding hydrogens is 510 g/mol. The van der Waals surface area contributed by atoms with Crippen molar-refractivity contribution in [3.8, 4) is 11.5 Å². The highest BCUT2D eigenvalue weighted by atomic mass is 32.2. The second kappa shape index (κ2) is 11.6. The highest BCUT2D eigenvalue weighted by Gasteiger charge is 2.36. The minimum Gasteiger partial charge on any atom is -0.493 e. The molecule has 4 rings (SSSR count). The highest BCUT2D eigenvalue weighted by molar-refractivity contribution is 8.18. The number of anilines is 1. The number of methoxy groups -OCH3 is 1. The van der Waals surface area contributed by atoms with Crippen LogP contribution < -0.4 is 14.8 Å². The van der Waals surface area contributed by atoms with Crippen molar-refractivity contribution in [1.82, 2.24) is 4.90 Å². The van der Waals surface area contributed by atoms with Crippen LogP contribution in [0.25, 0.3) is 6.08 Å². The van der Waals surface area contributed by atoms with E-state index in [2.05, 4.69) is 5.32 Å². The Balaban J connectivity index is 1.43. The number of hydrogen-bond donors (Lipinski definition) is 1. The first-order valence-corrected chi connectivity index (χ1v) is 12.2. The van der Waals surface area contributed by atoms with Crippen molar-refractivity contribution in [2.24, 2.45) is 0 Å². The number of benzene rings is 3. The molecular formula is C27H23N3O7S. The van der Waals surface area contributed by atoms with E-state index in [9.17, 15) is 24.5 Å². The Morgan fingerprint density at radius 3 is 2.53 bits per heavy atom. The van der Waals surface area contributed by atoms with E-state index >= 15 is 0 Å². The number of para-hydroxylation sites is 1. The molecule has 1 fully saturated rings. The van der Waals surface area contributed by atoms with Crippen LogP contribution in [0.4, 0.5) is 16.2 Å². The molecule has 1 aliphatic rings. The molecule has 0 atom stereocenters. The minimum absolute atomic E-state index is 0.164. The number of nitro groups is 1. The van der Waals surface area contributed by atoms with Gasteiger partial charge in [0.1, 0.15) is 0 Å². The molecule has 0 spiro atoms. The highest BCUT2D eigenvalue weighted by Crippen LogP contribution is 2.36. The minimum atomic E-state index is -0.551. The Morgan fingerprint density at radius 1 is 1.08 bits per heavy atom. The number of rotatable bonds is 9. The van der Waals surface area contributed by atoms with Gasteiger partial charge in [0.15, 0.2) is 18.1 Å². The van der Waals surface area contributed by atoms with Crippen LogP contribution in [0.3, 0.4) is 0 Å². The Morgan fingerprint density at radius 2 is 1.82 bits per heavy atom. The van der Waals surface area contributed by atoms with Crippen molar-refractivity contribution < 1.29 is 28.8 Å². The van der Waals surface area contributed by atoms with Gasteiger partial charge in [-0.25, -0.2) is 0 Å². The van der Waals surface area contributed by atoms with Gasteiger partial charge in [-0.2, -0.15) is 0 Å². The Labute approximate surface area is 222 Å². The van der Waals surface area contributed by atoms with Gasteiger partial charge >= 0.3 is 0 Å².